The molecule has 2 saturated carbocycles. The normalized spacial score (nSPS) is 37.6. The van der Waals surface area contributed by atoms with Crippen LogP contribution >= 0.6 is 0 Å². The number of nitrogens with zero attached hydrogens (tertiary/aromatic N) is 1. The van der Waals surface area contributed by atoms with Crippen LogP contribution in [0.2, 0.25) is 0 Å². The summed E-state index contributed by atoms with van der Waals surface area (Å²) in [7, 11) is 0. The number of urea groups is 1. The van der Waals surface area contributed by atoms with Crippen LogP contribution in [0.3, 0.4) is 0 Å². The minimum absolute atomic E-state index is 0.0140. The van der Waals surface area contributed by atoms with Gasteiger partial charge in [0.1, 0.15) is 0 Å². The van der Waals surface area contributed by atoms with Gasteiger partial charge < -0.3 is 15.5 Å². The molecule has 2 heterocycles. The van der Waals surface area contributed by atoms with Crippen LogP contribution < -0.4 is 10.6 Å². The summed E-state index contributed by atoms with van der Waals surface area (Å²) in [5.41, 5.74) is -2.44. The van der Waals surface area contributed by atoms with Crippen molar-refractivity contribution in [1.29, 1.82) is 0 Å². The number of carbonyl (C=O) groups is 1. The summed E-state index contributed by atoms with van der Waals surface area (Å²) in [5, 5.41) is 5.61. The third-order valence-electron chi connectivity index (χ3n) is 6.80. The number of amides is 2. The fourth-order valence-corrected chi connectivity index (χ4v) is 5.09. The summed E-state index contributed by atoms with van der Waals surface area (Å²) in [6.45, 7) is 2.00. The van der Waals surface area contributed by atoms with Crippen molar-refractivity contribution in [3.8, 4) is 0 Å². The van der Waals surface area contributed by atoms with E-state index in [1.54, 1.807) is 4.90 Å². The van der Waals surface area contributed by atoms with Crippen LogP contribution in [-0.2, 0) is 0 Å². The molecule has 0 radical (unpaired) electrons. The topological polar surface area (TPSA) is 44.4 Å². The number of carbonyl (C=O) groups excluding carboxylic acids is 1. The Morgan fingerprint density at radius 2 is 1.87 bits per heavy atom. The van der Waals surface area contributed by atoms with E-state index >= 15 is 0 Å². The number of nitrogens with one attached hydrogen (secondary N) is 2. The quantitative estimate of drug-likeness (QED) is 0.834. The van der Waals surface area contributed by atoms with Gasteiger partial charge in [-0.05, 0) is 18.3 Å². The van der Waals surface area contributed by atoms with Crippen LogP contribution in [-0.4, -0.2) is 49.8 Å². The van der Waals surface area contributed by atoms with E-state index in [2.05, 4.69) is 10.6 Å². The summed E-state index contributed by atoms with van der Waals surface area (Å²) in [6.07, 6.45) is 1.07. The van der Waals surface area contributed by atoms with Crippen molar-refractivity contribution < 1.29 is 18.0 Å². The van der Waals surface area contributed by atoms with E-state index in [0.29, 0.717) is 12.5 Å². The zero-order valence-electron chi connectivity index (χ0n) is 13.2. The maximum atomic E-state index is 13.3. The first-order valence-corrected chi connectivity index (χ1v) is 8.67. The molecule has 0 unspecified atom stereocenters. The molecule has 0 aromatic heterocycles. The molecule has 4 nitrogen and oxygen atoms in total. The van der Waals surface area contributed by atoms with Gasteiger partial charge >= 0.3 is 12.2 Å². The lowest BCUT2D eigenvalue weighted by Gasteiger charge is -2.42. The molecule has 0 bridgehead atoms. The second kappa shape index (κ2) is 5.01. The molecule has 4 fully saturated rings. The molecule has 7 heteroatoms. The molecule has 2 amide bonds. The Bertz CT molecular complexity index is 499. The summed E-state index contributed by atoms with van der Waals surface area (Å²) in [6, 6.07) is -0.191. The Morgan fingerprint density at radius 1 is 1.17 bits per heavy atom. The average Bonchev–Trinajstić information content (AvgIpc) is 2.81. The monoisotopic (exact) mass is 331 g/mol. The van der Waals surface area contributed by atoms with Crippen LogP contribution in [0.25, 0.3) is 0 Å². The minimum atomic E-state index is -4.19. The molecule has 130 valence electrons. The van der Waals surface area contributed by atoms with Gasteiger partial charge in [0.15, 0.2) is 0 Å². The molecule has 0 aromatic rings. The molecule has 0 aromatic carbocycles. The van der Waals surface area contributed by atoms with E-state index in [-0.39, 0.29) is 25.5 Å². The Hall–Kier alpha value is -0.980. The number of likely N-dealkylation sites (tertiary alicyclic amines) is 1. The zero-order chi connectivity index (χ0) is 16.3. The molecular weight excluding hydrogens is 307 g/mol. The van der Waals surface area contributed by atoms with Crippen molar-refractivity contribution in [2.75, 3.05) is 32.7 Å². The SMILES string of the molecule is O=C(NC[C@]12CNC[C@@]1(C(F)(F)F)C2)N1CC(C2CCCC2)C1. The zero-order valence-corrected chi connectivity index (χ0v) is 13.2. The molecule has 2 saturated heterocycles. The van der Waals surface area contributed by atoms with Crippen molar-refractivity contribution in [1.82, 2.24) is 15.5 Å². The van der Waals surface area contributed by atoms with Gasteiger partial charge in [0.25, 0.3) is 0 Å². The van der Waals surface area contributed by atoms with E-state index in [0.717, 1.165) is 19.0 Å². The lowest BCUT2D eigenvalue weighted by Crippen LogP contribution is -2.56. The molecule has 23 heavy (non-hydrogen) atoms. The van der Waals surface area contributed by atoms with Crippen LogP contribution in [0.5, 0.6) is 0 Å². The lowest BCUT2D eigenvalue weighted by molar-refractivity contribution is -0.190. The van der Waals surface area contributed by atoms with Gasteiger partial charge in [0.2, 0.25) is 0 Å². The second-order valence-electron chi connectivity index (χ2n) is 8.01. The van der Waals surface area contributed by atoms with Crippen molar-refractivity contribution in [3.05, 3.63) is 0 Å². The predicted molar refractivity (Wildman–Crippen MR) is 78.8 cm³/mol. The number of hydrogen-bond acceptors (Lipinski definition) is 2. The lowest BCUT2D eigenvalue weighted by atomic mass is 9.85. The summed E-state index contributed by atoms with van der Waals surface area (Å²) in [5.74, 6) is 1.35. The first-order valence-electron chi connectivity index (χ1n) is 8.67. The highest BCUT2D eigenvalue weighted by atomic mass is 19.4. The highest BCUT2D eigenvalue weighted by Gasteiger charge is 2.81. The number of halogens is 3. The maximum Gasteiger partial charge on any atom is 0.396 e. The van der Waals surface area contributed by atoms with Gasteiger partial charge in [-0.1, -0.05) is 25.7 Å². The number of rotatable bonds is 3. The van der Waals surface area contributed by atoms with Crippen molar-refractivity contribution >= 4 is 6.03 Å². The van der Waals surface area contributed by atoms with Gasteiger partial charge in [0, 0.05) is 38.1 Å². The standard InChI is InChI=1S/C16H24F3N3O/c17-16(18,19)15-7-14(15,8-20-10-15)9-21-13(23)22-5-12(6-22)11-3-1-2-4-11/h11-12,20H,1-10H2,(H,21,23)/t14-,15-/m0/s1. The van der Waals surface area contributed by atoms with Crippen LogP contribution in [0.4, 0.5) is 18.0 Å². The third-order valence-corrected chi connectivity index (χ3v) is 6.80. The number of alkyl halides is 3. The second-order valence-corrected chi connectivity index (χ2v) is 8.01. The first-order chi connectivity index (χ1) is 10.9. The average molecular weight is 331 g/mol. The molecule has 0 spiro atoms. The molecule has 4 rings (SSSR count). The van der Waals surface area contributed by atoms with Crippen molar-refractivity contribution in [3.63, 3.8) is 0 Å². The first kappa shape index (κ1) is 15.5. The minimum Gasteiger partial charge on any atom is -0.337 e. The molecule has 2 aliphatic heterocycles. The Kier molecular flexibility index (Phi) is 3.38. The molecule has 2 N–H and O–H groups in total. The van der Waals surface area contributed by atoms with Gasteiger partial charge in [-0.25, -0.2) is 4.79 Å². The third kappa shape index (κ3) is 2.26. The maximum absolute atomic E-state index is 13.3. The van der Waals surface area contributed by atoms with Crippen LogP contribution in [0.1, 0.15) is 32.1 Å². The summed E-state index contributed by atoms with van der Waals surface area (Å²) in [4.78, 5) is 13.9. The van der Waals surface area contributed by atoms with Crippen molar-refractivity contribution in [2.45, 2.75) is 38.3 Å². The Labute approximate surface area is 134 Å². The summed E-state index contributed by atoms with van der Waals surface area (Å²) < 4.78 is 39.8. The summed E-state index contributed by atoms with van der Waals surface area (Å²) >= 11 is 0. The van der Waals surface area contributed by atoms with Gasteiger partial charge in [-0.3, -0.25) is 0 Å². The highest BCUT2D eigenvalue weighted by molar-refractivity contribution is 5.75. The smallest absolute Gasteiger partial charge is 0.337 e. The van der Waals surface area contributed by atoms with E-state index in [4.69, 9.17) is 0 Å². The van der Waals surface area contributed by atoms with Gasteiger partial charge in [-0.15, -0.1) is 0 Å². The number of fused-ring (bicyclic) bond motifs is 1. The van der Waals surface area contributed by atoms with Gasteiger partial charge in [-0.2, -0.15) is 13.2 Å². The number of piperidine rings is 1. The van der Waals surface area contributed by atoms with Crippen LogP contribution in [0.15, 0.2) is 0 Å². The van der Waals surface area contributed by atoms with Crippen LogP contribution in [0, 0.1) is 22.7 Å². The highest BCUT2D eigenvalue weighted by Crippen LogP contribution is 2.72. The Balaban J connectivity index is 1.27. The molecule has 2 atom stereocenters. The van der Waals surface area contributed by atoms with E-state index in [1.165, 1.54) is 25.7 Å². The van der Waals surface area contributed by atoms with Crippen molar-refractivity contribution in [2.24, 2.45) is 22.7 Å². The fourth-order valence-electron chi connectivity index (χ4n) is 5.09. The van der Waals surface area contributed by atoms with E-state index < -0.39 is 17.0 Å². The largest absolute Gasteiger partial charge is 0.396 e. The molecule has 2 aliphatic carbocycles. The number of hydrogen-bond donors (Lipinski definition) is 2. The van der Waals surface area contributed by atoms with Gasteiger partial charge in [0.05, 0.1) is 5.41 Å². The predicted octanol–water partition coefficient (Wildman–Crippen LogP) is 2.36. The van der Waals surface area contributed by atoms with E-state index in [1.807, 2.05) is 0 Å². The molecular formula is C16H24F3N3O. The van der Waals surface area contributed by atoms with E-state index in [9.17, 15) is 18.0 Å². The molecule has 4 aliphatic rings. The fraction of sp³-hybridized carbons (Fsp3) is 0.938. The Morgan fingerprint density at radius 3 is 2.48 bits per heavy atom.